The van der Waals surface area contributed by atoms with E-state index in [1.54, 1.807) is 4.90 Å². The average Bonchev–Trinajstić information content (AvgIpc) is 3.31. The van der Waals surface area contributed by atoms with Crippen molar-refractivity contribution in [2.45, 2.75) is 18.4 Å². The molecule has 1 aromatic carbocycles. The van der Waals surface area contributed by atoms with Gasteiger partial charge in [0, 0.05) is 36.9 Å². The van der Waals surface area contributed by atoms with E-state index in [0.717, 1.165) is 18.8 Å². The van der Waals surface area contributed by atoms with Crippen LogP contribution in [-0.4, -0.2) is 55.0 Å². The number of carbonyl (C=O) groups excluding carboxylic acids is 2. The van der Waals surface area contributed by atoms with E-state index in [-0.39, 0.29) is 18.4 Å². The Bertz CT molecular complexity index is 610. The fourth-order valence-corrected chi connectivity index (χ4v) is 2.88. The van der Waals surface area contributed by atoms with E-state index in [0.29, 0.717) is 31.0 Å². The molecule has 2 fully saturated rings. The minimum atomic E-state index is -0.731. The first-order valence-electron chi connectivity index (χ1n) is 7.83. The number of amides is 2. The molecule has 1 heterocycles. The summed E-state index contributed by atoms with van der Waals surface area (Å²) < 4.78 is 0. The summed E-state index contributed by atoms with van der Waals surface area (Å²) in [6, 6.07) is 7.71. The fourth-order valence-electron chi connectivity index (χ4n) is 2.69. The Balaban J connectivity index is 1.46. The molecule has 3 rings (SSSR count). The number of carbonyl (C=O) groups is 2. The SMILES string of the molecule is NC1(C(=O)NCC(=O)N2CCN(c3cccc(Cl)c3)CC2)CC1. The van der Waals surface area contributed by atoms with Crippen LogP contribution in [0, 0.1) is 0 Å². The number of anilines is 1. The number of hydrogen-bond acceptors (Lipinski definition) is 4. The molecule has 0 spiro atoms. The molecule has 1 aliphatic heterocycles. The van der Waals surface area contributed by atoms with Crippen LogP contribution in [0.15, 0.2) is 24.3 Å². The van der Waals surface area contributed by atoms with Crippen molar-refractivity contribution in [1.82, 2.24) is 10.2 Å². The molecule has 2 amide bonds. The van der Waals surface area contributed by atoms with Gasteiger partial charge in [0.1, 0.15) is 0 Å². The number of rotatable bonds is 4. The van der Waals surface area contributed by atoms with Crippen LogP contribution in [0.4, 0.5) is 5.69 Å². The quantitative estimate of drug-likeness (QED) is 0.844. The Morgan fingerprint density at radius 2 is 1.91 bits per heavy atom. The zero-order valence-corrected chi connectivity index (χ0v) is 13.7. The molecule has 1 saturated carbocycles. The molecule has 0 unspecified atom stereocenters. The first-order valence-corrected chi connectivity index (χ1v) is 8.21. The lowest BCUT2D eigenvalue weighted by Gasteiger charge is -2.36. The highest BCUT2D eigenvalue weighted by molar-refractivity contribution is 6.30. The number of nitrogens with two attached hydrogens (primary N) is 1. The minimum absolute atomic E-state index is 0.0228. The third-order valence-corrected chi connectivity index (χ3v) is 4.68. The molecule has 124 valence electrons. The first kappa shape index (κ1) is 16.1. The standard InChI is InChI=1S/C16H21ClN4O2/c17-12-2-1-3-13(10-12)20-6-8-21(9-7-20)14(22)11-19-15(23)16(18)4-5-16/h1-3,10H,4-9,11,18H2,(H,19,23). The van der Waals surface area contributed by atoms with Crippen molar-refractivity contribution < 1.29 is 9.59 Å². The molecule has 0 aromatic heterocycles. The van der Waals surface area contributed by atoms with E-state index >= 15 is 0 Å². The van der Waals surface area contributed by atoms with E-state index in [4.69, 9.17) is 17.3 Å². The molecule has 1 aliphatic carbocycles. The van der Waals surface area contributed by atoms with Gasteiger partial charge in [-0.15, -0.1) is 0 Å². The minimum Gasteiger partial charge on any atom is -0.368 e. The summed E-state index contributed by atoms with van der Waals surface area (Å²) >= 11 is 6.01. The normalized spacial score (nSPS) is 19.4. The molecule has 0 bridgehead atoms. The highest BCUT2D eigenvalue weighted by Gasteiger charge is 2.45. The van der Waals surface area contributed by atoms with Crippen LogP contribution in [0.2, 0.25) is 5.02 Å². The summed E-state index contributed by atoms with van der Waals surface area (Å²) in [5, 5.41) is 3.35. The Labute approximate surface area is 140 Å². The lowest BCUT2D eigenvalue weighted by Crippen LogP contribution is -2.52. The Morgan fingerprint density at radius 3 is 2.52 bits per heavy atom. The van der Waals surface area contributed by atoms with E-state index in [2.05, 4.69) is 10.2 Å². The summed E-state index contributed by atoms with van der Waals surface area (Å²) in [6.45, 7) is 2.79. The summed E-state index contributed by atoms with van der Waals surface area (Å²) in [5.74, 6) is -0.281. The van der Waals surface area contributed by atoms with Crippen LogP contribution in [0.25, 0.3) is 0 Å². The zero-order valence-electron chi connectivity index (χ0n) is 12.9. The van der Waals surface area contributed by atoms with Crippen molar-refractivity contribution in [3.05, 3.63) is 29.3 Å². The Morgan fingerprint density at radius 1 is 1.22 bits per heavy atom. The molecule has 6 nitrogen and oxygen atoms in total. The van der Waals surface area contributed by atoms with Gasteiger partial charge in [-0.05, 0) is 31.0 Å². The van der Waals surface area contributed by atoms with Gasteiger partial charge in [-0.2, -0.15) is 0 Å². The van der Waals surface area contributed by atoms with E-state index in [9.17, 15) is 9.59 Å². The molecule has 23 heavy (non-hydrogen) atoms. The summed E-state index contributed by atoms with van der Waals surface area (Å²) in [6.07, 6.45) is 1.40. The number of benzene rings is 1. The highest BCUT2D eigenvalue weighted by atomic mass is 35.5. The Kier molecular flexibility index (Phi) is 4.46. The van der Waals surface area contributed by atoms with Crippen LogP contribution < -0.4 is 16.0 Å². The molecule has 1 saturated heterocycles. The van der Waals surface area contributed by atoms with Gasteiger partial charge < -0.3 is 20.9 Å². The van der Waals surface area contributed by atoms with Gasteiger partial charge >= 0.3 is 0 Å². The third kappa shape index (κ3) is 3.76. The van der Waals surface area contributed by atoms with E-state index in [1.807, 2.05) is 24.3 Å². The van der Waals surface area contributed by atoms with Crippen molar-refractivity contribution in [2.75, 3.05) is 37.6 Å². The van der Waals surface area contributed by atoms with Crippen LogP contribution in [0.3, 0.4) is 0 Å². The lowest BCUT2D eigenvalue weighted by atomic mass is 10.2. The number of halogens is 1. The Hall–Kier alpha value is -1.79. The molecule has 7 heteroatoms. The zero-order chi connectivity index (χ0) is 16.4. The van der Waals surface area contributed by atoms with Gasteiger partial charge in [-0.25, -0.2) is 0 Å². The monoisotopic (exact) mass is 336 g/mol. The van der Waals surface area contributed by atoms with E-state index in [1.165, 1.54) is 0 Å². The van der Waals surface area contributed by atoms with Crippen molar-refractivity contribution in [1.29, 1.82) is 0 Å². The van der Waals surface area contributed by atoms with Crippen LogP contribution in [0.5, 0.6) is 0 Å². The van der Waals surface area contributed by atoms with Gasteiger partial charge in [0.05, 0.1) is 12.1 Å². The average molecular weight is 337 g/mol. The van der Waals surface area contributed by atoms with Crippen molar-refractivity contribution in [3.8, 4) is 0 Å². The summed E-state index contributed by atoms with van der Waals surface area (Å²) in [4.78, 5) is 27.9. The van der Waals surface area contributed by atoms with Crippen LogP contribution >= 0.6 is 11.6 Å². The smallest absolute Gasteiger partial charge is 0.242 e. The second kappa shape index (κ2) is 6.37. The van der Waals surface area contributed by atoms with E-state index < -0.39 is 5.54 Å². The highest BCUT2D eigenvalue weighted by Crippen LogP contribution is 2.32. The molecule has 3 N–H and O–H groups in total. The predicted molar refractivity (Wildman–Crippen MR) is 89.4 cm³/mol. The van der Waals surface area contributed by atoms with Crippen molar-refractivity contribution in [3.63, 3.8) is 0 Å². The molecule has 0 atom stereocenters. The molecule has 1 aromatic rings. The van der Waals surface area contributed by atoms with Crippen LogP contribution in [-0.2, 0) is 9.59 Å². The van der Waals surface area contributed by atoms with Gasteiger partial charge in [-0.1, -0.05) is 17.7 Å². The molecular weight excluding hydrogens is 316 g/mol. The number of piperazine rings is 1. The third-order valence-electron chi connectivity index (χ3n) is 4.45. The maximum absolute atomic E-state index is 12.2. The predicted octanol–water partition coefficient (Wildman–Crippen LogP) is 0.596. The van der Waals surface area contributed by atoms with Crippen molar-refractivity contribution >= 4 is 29.1 Å². The summed E-state index contributed by atoms with van der Waals surface area (Å²) in [5.41, 5.74) is 6.13. The van der Waals surface area contributed by atoms with Gasteiger partial charge in [0.25, 0.3) is 0 Å². The number of nitrogens with one attached hydrogen (secondary N) is 1. The lowest BCUT2D eigenvalue weighted by molar-refractivity contribution is -0.133. The first-order chi connectivity index (χ1) is 11.0. The molecule has 2 aliphatic rings. The number of hydrogen-bond donors (Lipinski definition) is 2. The second-order valence-corrected chi connectivity index (χ2v) is 6.62. The fraction of sp³-hybridized carbons (Fsp3) is 0.500. The second-order valence-electron chi connectivity index (χ2n) is 6.19. The molecular formula is C16H21ClN4O2. The van der Waals surface area contributed by atoms with Gasteiger partial charge in [0.15, 0.2) is 0 Å². The van der Waals surface area contributed by atoms with Gasteiger partial charge in [-0.3, -0.25) is 9.59 Å². The topological polar surface area (TPSA) is 78.7 Å². The number of nitrogens with zero attached hydrogens (tertiary/aromatic N) is 2. The largest absolute Gasteiger partial charge is 0.368 e. The van der Waals surface area contributed by atoms with Crippen LogP contribution in [0.1, 0.15) is 12.8 Å². The summed E-state index contributed by atoms with van der Waals surface area (Å²) in [7, 11) is 0. The maximum atomic E-state index is 12.2. The molecule has 0 radical (unpaired) electrons. The maximum Gasteiger partial charge on any atom is 0.242 e. The van der Waals surface area contributed by atoms with Gasteiger partial charge in [0.2, 0.25) is 11.8 Å². The van der Waals surface area contributed by atoms with Crippen molar-refractivity contribution in [2.24, 2.45) is 5.73 Å².